The smallest absolute Gasteiger partial charge is 0.293 e. The van der Waals surface area contributed by atoms with Gasteiger partial charge in [0.05, 0.1) is 52.3 Å². The van der Waals surface area contributed by atoms with E-state index in [-0.39, 0.29) is 41.3 Å². The van der Waals surface area contributed by atoms with E-state index in [9.17, 15) is 95.2 Å². The maximum absolute atomic E-state index is 12.0. The molecule has 0 aromatic rings. The first-order valence-electron chi connectivity index (χ1n) is 44.4. The van der Waals surface area contributed by atoms with Crippen molar-refractivity contribution in [1.29, 1.82) is 0 Å². The molecule has 12 rings (SSSR count). The lowest BCUT2D eigenvalue weighted by atomic mass is 10.1. The minimum Gasteiger partial charge on any atom is -0.502 e. The van der Waals surface area contributed by atoms with Crippen LogP contribution in [0.2, 0.25) is 0 Å². The monoisotopic (exact) mass is 2120 g/mol. The normalized spacial score (nSPS) is 33.3. The van der Waals surface area contributed by atoms with Crippen LogP contribution < -0.4 is 37.6 Å². The molecule has 0 bridgehead atoms. The SMILES string of the molecule is C=C1NC(=O)C(C)=CN1C1OC(CCP(=C)(C)C)[C@@H](O)[C@H]1O.C=C1NC(=O)C(C)CN1C1OC(CCP(=C)(C)C)[C@@H](O)[C@H]1O.C=C1NC(=O)C(CCCN)=CN1C1OC(CCP(=C)(C)C)[C@@H](O)[C@H]1O.C=C1NC(=O)C(I)=CN1C1OC(CCP(=C)(C)C)[C@@H](O)[C@H]1O.C=C1NC(=O)C(O)=CN1C1OC(CCP(=C)(C)C)[C@@H](O)[C@H]1O.C=C1NC(=O)CCN1C1OC(CCP(=C)(C)C)[C@@H](O)[C@H]1O. The van der Waals surface area contributed by atoms with Crippen molar-refractivity contribution in [3.05, 3.63) is 120 Å². The van der Waals surface area contributed by atoms with Crippen molar-refractivity contribution in [1.82, 2.24) is 61.3 Å². The molecule has 6 amide bonds. The number of hydrogen-bond acceptors (Lipinski definition) is 32. The van der Waals surface area contributed by atoms with Crippen molar-refractivity contribution in [2.24, 2.45) is 11.7 Å². The molecule has 0 saturated carbocycles. The maximum atomic E-state index is 12.0. The zero-order valence-corrected chi connectivity index (χ0v) is 87.5. The Balaban J connectivity index is 0.000000220. The van der Waals surface area contributed by atoms with E-state index in [1.54, 1.807) is 56.9 Å². The van der Waals surface area contributed by atoms with Gasteiger partial charge in [-0.2, -0.15) is 0 Å². The first-order valence-corrected chi connectivity index (χ1v) is 63.8. The summed E-state index contributed by atoms with van der Waals surface area (Å²) in [5, 5.41) is 148. The number of nitrogens with zero attached hydrogens (tertiary/aromatic N) is 6. The molecule has 25 atom stereocenters. The van der Waals surface area contributed by atoms with Crippen molar-refractivity contribution in [2.75, 3.05) is 137 Å². The summed E-state index contributed by atoms with van der Waals surface area (Å²) in [7, 11) is 0. The highest BCUT2D eigenvalue weighted by Crippen LogP contribution is 2.46. The molecule has 38 nitrogen and oxygen atoms in total. The van der Waals surface area contributed by atoms with Crippen LogP contribution in [0.3, 0.4) is 0 Å². The van der Waals surface area contributed by atoms with Crippen LogP contribution in [0, 0.1) is 5.92 Å². The molecule has 8 saturated heterocycles. The second-order valence-corrected chi connectivity index (χ2v) is 67.1. The molecule has 12 heterocycles. The van der Waals surface area contributed by atoms with Gasteiger partial charge in [0.1, 0.15) is 108 Å². The Labute approximate surface area is 803 Å². The van der Waals surface area contributed by atoms with Gasteiger partial charge < -0.3 is 162 Å². The summed E-state index contributed by atoms with van der Waals surface area (Å²) in [5.41, 5.74) is 6.56. The van der Waals surface area contributed by atoms with Crippen LogP contribution in [0.15, 0.2) is 120 Å². The summed E-state index contributed by atoms with van der Waals surface area (Å²) >= 11 is 1.90. The van der Waals surface area contributed by atoms with E-state index in [0.29, 0.717) is 121 Å². The van der Waals surface area contributed by atoms with E-state index in [1.165, 1.54) is 4.90 Å². The van der Waals surface area contributed by atoms with Crippen LogP contribution >= 0.6 is 63.9 Å². The molecule has 0 aromatic carbocycles. The quantitative estimate of drug-likeness (QED) is 0.0400. The molecular formula is C89H152IN13O25P6. The lowest BCUT2D eigenvalue weighted by Gasteiger charge is -2.39. The molecule has 0 radical (unpaired) electrons. The number of halogens is 1. The summed E-state index contributed by atoms with van der Waals surface area (Å²) in [4.78, 5) is 78.9. The molecular weight excluding hydrogens is 1960 g/mol. The number of carbonyl (C=O) groups is 6. The second kappa shape index (κ2) is 48.4. The van der Waals surface area contributed by atoms with E-state index < -0.39 is 200 Å². The van der Waals surface area contributed by atoms with Crippen molar-refractivity contribution < 1.29 is 124 Å². The molecule has 0 spiro atoms. The number of amides is 6. The Morgan fingerprint density at radius 1 is 0.381 bits per heavy atom. The van der Waals surface area contributed by atoms with Gasteiger partial charge in [-0.25, -0.2) is 0 Å². The van der Waals surface area contributed by atoms with Gasteiger partial charge in [-0.15, -0.1) is 79.1 Å². The number of aliphatic hydroxyl groups excluding tert-OH is 13. The van der Waals surface area contributed by atoms with Crippen molar-refractivity contribution in [3.63, 3.8) is 0 Å². The van der Waals surface area contributed by atoms with E-state index >= 15 is 0 Å². The molecule has 12 aliphatic rings. The number of nitrogens with one attached hydrogen (secondary N) is 6. The summed E-state index contributed by atoms with van der Waals surface area (Å²) in [6.07, 6.45) is 21.9. The standard InChI is InChI=1S/C17H30N3O4P.C15H27N2O4P.C15H25N2O4P.C14H22IN2O4P.C14H23N2O5P.C14H25N2O4P/c1-11-19-16(23)12(6-5-8-18)10-20(11)17-15(22)14(21)13(24-17)7-9-25(2,3)4;2*1-9-8-17(10(2)16-14(9)20)15-13(19)12(18)11(21-15)6-7-22(3,4)5;1-8-16-13(20)9(15)7-17(8)14-12(19)11(18)10(21-14)5-6-22(2,3)4;1-8-15-13(20)9(17)7-16(8)14-12(19)11(18)10(21-14)5-6-22(2,3)4;1-9-15-11(17)5-7-16(9)14-13(19)12(18)10(20-14)6-8-21(2,3)4/h10,13-15,17,21-22H,1-2,5-9,18H2,3-4H3,(H,19,23);9,11-13,15,18-19H,2-3,6-8H2,1,4-5H3,(H,16,20);8,11-13,15,18-19H,2-3,6-7H2,1,4-5H3,(H,16,20);7,10-12,14,18-19H,1-2,5-6H2,3-4H3,(H,16,20);7,10-12,14,17-19H,1-2,5-6H2,3-4H3,(H,15,20);10,12-14,18-19H,1-2,5-8H2,3-4H3,(H,15,17)/t13?,14-,15-,17?;9?,11?,12-,13-,15?;11?,12-,13-,15?;2*10?,11-,12-,14?;10?,12-,13-,14?/m111111/s1. The summed E-state index contributed by atoms with van der Waals surface area (Å²) in [6.45, 7) is 45.5. The fourth-order valence-electron chi connectivity index (χ4n) is 15.8. The third-order valence-corrected chi connectivity index (χ3v) is 33.3. The fraction of sp³-hybridized carbons (Fsp3) is 0.640. The molecule has 12 aliphatic heterocycles. The number of carbonyl (C=O) groups excluding carboxylic acids is 6. The third kappa shape index (κ3) is 32.6. The Hall–Kier alpha value is -5.41. The first kappa shape index (κ1) is 116. The topological polar surface area (TPSA) is 538 Å². The average Bonchev–Trinajstić information content (AvgIpc) is 1.66. The van der Waals surface area contributed by atoms with Gasteiger partial charge in [0.2, 0.25) is 11.8 Å². The van der Waals surface area contributed by atoms with Crippen molar-refractivity contribution >= 4 is 137 Å². The average molecular weight is 2120 g/mol. The first-order chi connectivity index (χ1) is 61.7. The van der Waals surface area contributed by atoms with Crippen LogP contribution in [0.25, 0.3) is 0 Å². The van der Waals surface area contributed by atoms with Gasteiger partial charge in [-0.3, -0.25) is 28.8 Å². The van der Waals surface area contributed by atoms with Gasteiger partial charge >= 0.3 is 0 Å². The molecule has 13 unspecified atom stereocenters. The summed E-state index contributed by atoms with van der Waals surface area (Å²) in [6, 6.07) is 0. The Kier molecular flexibility index (Phi) is 41.7. The van der Waals surface area contributed by atoms with Gasteiger partial charge in [0.15, 0.2) is 43.1 Å². The molecule has 21 N–H and O–H groups in total. The van der Waals surface area contributed by atoms with E-state index in [1.807, 2.05) is 22.6 Å². The molecule has 0 aromatic heterocycles. The van der Waals surface area contributed by atoms with Gasteiger partial charge in [0, 0.05) is 49.3 Å². The summed E-state index contributed by atoms with van der Waals surface area (Å²) in [5.74, 6) is -0.301. The van der Waals surface area contributed by atoms with Gasteiger partial charge in [0.25, 0.3) is 23.6 Å². The predicted octanol–water partition coefficient (Wildman–Crippen LogP) is 0.841. The van der Waals surface area contributed by atoms with Gasteiger partial charge in [-0.1, -0.05) is 46.4 Å². The molecule has 8 fully saturated rings. The van der Waals surface area contributed by atoms with Crippen LogP contribution in [0.1, 0.15) is 71.6 Å². The highest BCUT2D eigenvalue weighted by atomic mass is 127. The number of ether oxygens (including phenoxy) is 6. The number of rotatable bonds is 27. The molecule has 760 valence electrons. The molecule has 0 aliphatic carbocycles. The second-order valence-electron chi connectivity index (χ2n) is 40.0. The maximum Gasteiger partial charge on any atom is 0.293 e. The lowest BCUT2D eigenvalue weighted by Crippen LogP contribution is -2.54. The summed E-state index contributed by atoms with van der Waals surface area (Å²) < 4.78 is 35.5. The fourth-order valence-corrected chi connectivity index (χ4v) is 21.9. The van der Waals surface area contributed by atoms with Crippen LogP contribution in [-0.2, 0) is 57.2 Å². The minimum absolute atomic E-state index is 0.0885. The third-order valence-electron chi connectivity index (χ3n) is 23.8. The van der Waals surface area contributed by atoms with Crippen molar-refractivity contribution in [2.45, 2.75) is 219 Å². The lowest BCUT2D eigenvalue weighted by molar-refractivity contribution is -0.133. The number of nitrogens with two attached hydrogens (primary N) is 1. The zero-order valence-electron chi connectivity index (χ0n) is 80.0. The largest absolute Gasteiger partial charge is 0.502 e. The van der Waals surface area contributed by atoms with Crippen molar-refractivity contribution in [3.8, 4) is 0 Å². The molecule has 134 heavy (non-hydrogen) atoms. The van der Waals surface area contributed by atoms with E-state index in [2.05, 4.69) is 189 Å². The zero-order chi connectivity index (χ0) is 101. The van der Waals surface area contributed by atoms with E-state index in [4.69, 9.17) is 34.2 Å². The number of hydrogen-bond donors (Lipinski definition) is 20. The minimum atomic E-state index is -1.26. The predicted molar refractivity (Wildman–Crippen MR) is 547 cm³/mol. The van der Waals surface area contributed by atoms with Crippen LogP contribution in [0.4, 0.5) is 0 Å². The van der Waals surface area contributed by atoms with Crippen LogP contribution in [-0.4, -0.2) is 453 Å². The highest BCUT2D eigenvalue weighted by Gasteiger charge is 2.53. The van der Waals surface area contributed by atoms with E-state index in [0.717, 1.165) is 43.2 Å². The Morgan fingerprint density at radius 3 is 1.00 bits per heavy atom. The number of aliphatic hydroxyl groups is 13. The Bertz CT molecular complexity index is 4500. The Morgan fingerprint density at radius 2 is 0.664 bits per heavy atom. The van der Waals surface area contributed by atoms with Gasteiger partial charge in [-0.05, 0) is 204 Å². The highest BCUT2D eigenvalue weighted by molar-refractivity contribution is 14.1. The molecule has 45 heteroatoms. The van der Waals surface area contributed by atoms with Crippen LogP contribution in [0.5, 0.6) is 0 Å².